The molecule has 118 valence electrons. The lowest BCUT2D eigenvalue weighted by atomic mass is 10.2. The van der Waals surface area contributed by atoms with Crippen molar-refractivity contribution in [2.75, 3.05) is 18.8 Å². The number of pyridine rings is 1. The maximum atomic E-state index is 12.3. The van der Waals surface area contributed by atoms with Gasteiger partial charge in [0.1, 0.15) is 0 Å². The number of nitrogens with zero attached hydrogens (tertiary/aromatic N) is 2. The lowest BCUT2D eigenvalue weighted by Crippen LogP contribution is -2.41. The van der Waals surface area contributed by atoms with Crippen molar-refractivity contribution in [3.8, 4) is 0 Å². The summed E-state index contributed by atoms with van der Waals surface area (Å²) >= 11 is 1.86. The van der Waals surface area contributed by atoms with Gasteiger partial charge >= 0.3 is 6.03 Å². The highest BCUT2D eigenvalue weighted by molar-refractivity contribution is 8.00. The second kappa shape index (κ2) is 8.93. The van der Waals surface area contributed by atoms with Crippen LogP contribution in [0.25, 0.3) is 0 Å². The van der Waals surface area contributed by atoms with Crippen molar-refractivity contribution in [1.29, 1.82) is 0 Å². The largest absolute Gasteiger partial charge is 0.337 e. The summed E-state index contributed by atoms with van der Waals surface area (Å²) < 4.78 is 0.241. The Labute approximate surface area is 132 Å². The summed E-state index contributed by atoms with van der Waals surface area (Å²) in [5.41, 5.74) is 1.11. The molecule has 1 rings (SSSR count). The summed E-state index contributed by atoms with van der Waals surface area (Å²) in [4.78, 5) is 18.1. The highest BCUT2D eigenvalue weighted by Gasteiger charge is 2.14. The monoisotopic (exact) mass is 309 g/mol. The maximum Gasteiger partial charge on any atom is 0.317 e. The molecule has 1 aromatic heterocycles. The van der Waals surface area contributed by atoms with Gasteiger partial charge in [-0.1, -0.05) is 27.7 Å². The average molecular weight is 309 g/mol. The first-order valence-corrected chi connectivity index (χ1v) is 8.46. The molecule has 1 N–H and O–H groups in total. The summed E-state index contributed by atoms with van der Waals surface area (Å²) in [5.74, 6) is 0.935. The molecule has 0 saturated heterocycles. The molecule has 2 amide bonds. The van der Waals surface area contributed by atoms with Crippen LogP contribution in [0.3, 0.4) is 0 Å². The van der Waals surface area contributed by atoms with E-state index in [1.165, 1.54) is 0 Å². The van der Waals surface area contributed by atoms with Crippen LogP contribution < -0.4 is 5.32 Å². The Morgan fingerprint density at radius 2 is 2.00 bits per heavy atom. The minimum absolute atomic E-state index is 0.0168. The van der Waals surface area contributed by atoms with Crippen molar-refractivity contribution >= 4 is 17.8 Å². The smallest absolute Gasteiger partial charge is 0.317 e. The van der Waals surface area contributed by atoms with Crippen molar-refractivity contribution in [3.63, 3.8) is 0 Å². The van der Waals surface area contributed by atoms with Crippen LogP contribution in [-0.4, -0.2) is 39.5 Å². The molecule has 0 radical (unpaired) electrons. The van der Waals surface area contributed by atoms with E-state index in [1.807, 2.05) is 28.8 Å². The van der Waals surface area contributed by atoms with Gasteiger partial charge in [0.05, 0.1) is 0 Å². The fourth-order valence-corrected chi connectivity index (χ4v) is 2.67. The van der Waals surface area contributed by atoms with Crippen LogP contribution in [0.1, 0.15) is 39.7 Å². The van der Waals surface area contributed by atoms with E-state index in [1.54, 1.807) is 12.4 Å². The zero-order valence-corrected chi connectivity index (χ0v) is 14.4. The van der Waals surface area contributed by atoms with Crippen molar-refractivity contribution in [3.05, 3.63) is 30.1 Å². The van der Waals surface area contributed by atoms with E-state index in [0.29, 0.717) is 13.1 Å². The number of rotatable bonds is 7. The standard InChI is InChI=1S/C16H27N3OS/c1-5-11-19(13-14-6-8-17-9-7-14)15(20)18-10-12-21-16(2,3)4/h6-9H,5,10-13H2,1-4H3,(H,18,20). The van der Waals surface area contributed by atoms with E-state index in [4.69, 9.17) is 0 Å². The molecule has 1 aromatic rings. The summed E-state index contributed by atoms with van der Waals surface area (Å²) in [6.45, 7) is 10.7. The van der Waals surface area contributed by atoms with Gasteiger partial charge in [0, 0.05) is 42.5 Å². The van der Waals surface area contributed by atoms with E-state index >= 15 is 0 Å². The topological polar surface area (TPSA) is 45.2 Å². The van der Waals surface area contributed by atoms with Crippen LogP contribution >= 0.6 is 11.8 Å². The lowest BCUT2D eigenvalue weighted by molar-refractivity contribution is 0.196. The van der Waals surface area contributed by atoms with Gasteiger partial charge in [0.25, 0.3) is 0 Å². The number of hydrogen-bond acceptors (Lipinski definition) is 3. The minimum atomic E-state index is 0.0168. The zero-order chi connectivity index (χ0) is 15.7. The molecule has 0 atom stereocenters. The SMILES string of the molecule is CCCN(Cc1ccncc1)C(=O)NCCSC(C)(C)C. The third-order valence-corrected chi connectivity index (χ3v) is 4.09. The van der Waals surface area contributed by atoms with E-state index in [0.717, 1.165) is 24.3 Å². The molecule has 0 bridgehead atoms. The number of nitrogens with one attached hydrogen (secondary N) is 1. The normalized spacial score (nSPS) is 11.2. The molecule has 5 heteroatoms. The number of amides is 2. The van der Waals surface area contributed by atoms with Crippen LogP contribution in [-0.2, 0) is 6.54 Å². The molecule has 1 heterocycles. The van der Waals surface area contributed by atoms with E-state index in [-0.39, 0.29) is 10.8 Å². The minimum Gasteiger partial charge on any atom is -0.337 e. The Bertz CT molecular complexity index is 417. The fourth-order valence-electron chi connectivity index (χ4n) is 1.86. The van der Waals surface area contributed by atoms with Gasteiger partial charge in [0.15, 0.2) is 0 Å². The molecule has 0 aliphatic carbocycles. The Morgan fingerprint density at radius 1 is 1.33 bits per heavy atom. The summed E-state index contributed by atoms with van der Waals surface area (Å²) in [7, 11) is 0. The predicted octanol–water partition coefficient (Wildman–Crippen LogP) is 3.53. The summed E-state index contributed by atoms with van der Waals surface area (Å²) in [6.07, 6.45) is 4.48. The van der Waals surface area contributed by atoms with Crippen LogP contribution in [0, 0.1) is 0 Å². The number of urea groups is 1. The van der Waals surface area contributed by atoms with Crippen molar-refractivity contribution in [2.45, 2.75) is 45.4 Å². The molecule has 0 spiro atoms. The average Bonchev–Trinajstić information content (AvgIpc) is 2.43. The number of aromatic nitrogens is 1. The summed E-state index contributed by atoms with van der Waals surface area (Å²) in [5, 5.41) is 3.01. The Kier molecular flexibility index (Phi) is 7.57. The molecule has 0 unspecified atom stereocenters. The molecule has 21 heavy (non-hydrogen) atoms. The first-order valence-electron chi connectivity index (χ1n) is 7.48. The maximum absolute atomic E-state index is 12.3. The second-order valence-electron chi connectivity index (χ2n) is 5.97. The summed E-state index contributed by atoms with van der Waals surface area (Å²) in [6, 6.07) is 3.92. The molecular weight excluding hydrogens is 282 g/mol. The predicted molar refractivity (Wildman–Crippen MR) is 90.5 cm³/mol. The molecule has 0 fully saturated rings. The number of carbonyl (C=O) groups excluding carboxylic acids is 1. The highest BCUT2D eigenvalue weighted by atomic mass is 32.2. The Balaban J connectivity index is 2.42. The second-order valence-corrected chi connectivity index (χ2v) is 7.89. The number of carbonyl (C=O) groups is 1. The molecule has 4 nitrogen and oxygen atoms in total. The van der Waals surface area contributed by atoms with Gasteiger partial charge < -0.3 is 10.2 Å². The van der Waals surface area contributed by atoms with Gasteiger partial charge in [-0.3, -0.25) is 4.98 Å². The van der Waals surface area contributed by atoms with Gasteiger partial charge in [-0.15, -0.1) is 0 Å². The van der Waals surface area contributed by atoms with Gasteiger partial charge in [-0.2, -0.15) is 11.8 Å². The number of hydrogen-bond donors (Lipinski definition) is 1. The first-order chi connectivity index (χ1) is 9.92. The Hall–Kier alpha value is -1.23. The molecular formula is C16H27N3OS. The highest BCUT2D eigenvalue weighted by Crippen LogP contribution is 2.22. The molecule has 0 aliphatic heterocycles. The number of thioether (sulfide) groups is 1. The van der Waals surface area contributed by atoms with Gasteiger partial charge in [0.2, 0.25) is 0 Å². The van der Waals surface area contributed by atoms with Gasteiger partial charge in [-0.05, 0) is 24.1 Å². The van der Waals surface area contributed by atoms with Crippen molar-refractivity contribution < 1.29 is 4.79 Å². The van der Waals surface area contributed by atoms with Crippen LogP contribution in [0.2, 0.25) is 0 Å². The fraction of sp³-hybridized carbons (Fsp3) is 0.625. The third-order valence-electron chi connectivity index (χ3n) is 2.82. The van der Waals surface area contributed by atoms with Crippen LogP contribution in [0.5, 0.6) is 0 Å². The third kappa shape index (κ3) is 7.95. The lowest BCUT2D eigenvalue weighted by Gasteiger charge is -2.23. The van der Waals surface area contributed by atoms with Crippen LogP contribution in [0.15, 0.2) is 24.5 Å². The first kappa shape index (κ1) is 17.8. The van der Waals surface area contributed by atoms with E-state index in [2.05, 4.69) is 38.0 Å². The van der Waals surface area contributed by atoms with Crippen molar-refractivity contribution in [2.24, 2.45) is 0 Å². The zero-order valence-electron chi connectivity index (χ0n) is 13.6. The molecule has 0 saturated carbocycles. The van der Waals surface area contributed by atoms with Crippen LogP contribution in [0.4, 0.5) is 4.79 Å². The van der Waals surface area contributed by atoms with E-state index < -0.39 is 0 Å². The van der Waals surface area contributed by atoms with Gasteiger partial charge in [-0.25, -0.2) is 4.79 Å². The molecule has 0 aromatic carbocycles. The van der Waals surface area contributed by atoms with Crippen molar-refractivity contribution in [1.82, 2.24) is 15.2 Å². The molecule has 0 aliphatic rings. The van der Waals surface area contributed by atoms with E-state index in [9.17, 15) is 4.79 Å². The Morgan fingerprint density at radius 3 is 2.57 bits per heavy atom. The quantitative estimate of drug-likeness (QED) is 0.784.